The molecule has 6 rings (SSSR count). The summed E-state index contributed by atoms with van der Waals surface area (Å²) in [5, 5.41) is 11.2. The average Bonchev–Trinajstić information content (AvgIpc) is 3.38. The molecule has 0 heterocycles. The van der Waals surface area contributed by atoms with Crippen LogP contribution < -0.4 is 5.32 Å². The van der Waals surface area contributed by atoms with E-state index in [1.165, 1.54) is 18.2 Å². The van der Waals surface area contributed by atoms with Crippen LogP contribution in [-0.4, -0.2) is 47.2 Å². The van der Waals surface area contributed by atoms with Crippen LogP contribution in [0.25, 0.3) is 24.3 Å². The Balaban J connectivity index is 0.000000291. The minimum atomic E-state index is -4.98. The molecular formula is C59H55F12NO7. The van der Waals surface area contributed by atoms with Crippen molar-refractivity contribution >= 4 is 59.3 Å². The Kier molecular flexibility index (Phi) is 21.7. The third-order valence-electron chi connectivity index (χ3n) is 12.9. The topological polar surface area (TPSA) is 135 Å². The zero-order chi connectivity index (χ0) is 58.3. The third kappa shape index (κ3) is 19.5. The number of carboxylic acid groups (broad SMARTS) is 1. The van der Waals surface area contributed by atoms with Crippen LogP contribution in [0.5, 0.6) is 0 Å². The highest BCUT2D eigenvalue weighted by Crippen LogP contribution is 2.40. The Morgan fingerprint density at radius 1 is 0.456 bits per heavy atom. The number of carbonyl (C=O) groups excluding carboxylic acids is 5. The monoisotopic (exact) mass is 1120 g/mol. The molecule has 4 aromatic carbocycles. The van der Waals surface area contributed by atoms with E-state index < -0.39 is 64.5 Å². The van der Waals surface area contributed by atoms with Crippen LogP contribution in [0.3, 0.4) is 0 Å². The van der Waals surface area contributed by atoms with Gasteiger partial charge in [-0.05, 0) is 145 Å². The van der Waals surface area contributed by atoms with Crippen molar-refractivity contribution in [3.05, 3.63) is 163 Å². The summed E-state index contributed by atoms with van der Waals surface area (Å²) in [6.45, 7) is 0. The molecule has 0 aromatic heterocycles. The molecule has 0 spiro atoms. The van der Waals surface area contributed by atoms with Crippen molar-refractivity contribution in [2.45, 2.75) is 127 Å². The number of rotatable bonds is 20. The van der Waals surface area contributed by atoms with E-state index in [1.807, 2.05) is 0 Å². The number of benzene rings is 4. The minimum Gasteiger partial charge on any atom is -0.481 e. The van der Waals surface area contributed by atoms with Gasteiger partial charge in [0.2, 0.25) is 5.91 Å². The van der Waals surface area contributed by atoms with Crippen LogP contribution in [0.2, 0.25) is 0 Å². The van der Waals surface area contributed by atoms with Crippen molar-refractivity contribution in [1.29, 1.82) is 0 Å². The van der Waals surface area contributed by atoms with Crippen LogP contribution >= 0.6 is 0 Å². The second-order valence-electron chi connectivity index (χ2n) is 19.0. The van der Waals surface area contributed by atoms with E-state index in [4.69, 9.17) is 5.11 Å². The number of amides is 1. The molecule has 0 unspecified atom stereocenters. The van der Waals surface area contributed by atoms with Gasteiger partial charge in [0.25, 0.3) is 0 Å². The number of halogens is 12. The molecule has 1 amide bonds. The summed E-state index contributed by atoms with van der Waals surface area (Å²) in [6.07, 6.45) is -3.45. The number of fused-ring (bicyclic) bond motifs is 2. The van der Waals surface area contributed by atoms with Crippen LogP contribution in [-0.2, 0) is 56.7 Å². The van der Waals surface area contributed by atoms with E-state index in [1.54, 1.807) is 49.5 Å². The van der Waals surface area contributed by atoms with Crippen molar-refractivity contribution in [3.8, 4) is 0 Å². The molecule has 2 aliphatic rings. The van der Waals surface area contributed by atoms with Crippen LogP contribution in [0.4, 0.5) is 52.7 Å². The predicted molar refractivity (Wildman–Crippen MR) is 272 cm³/mol. The first-order valence-corrected chi connectivity index (χ1v) is 25.2. The lowest BCUT2D eigenvalue weighted by atomic mass is 9.85. The first kappa shape index (κ1) is 62.5. The van der Waals surface area contributed by atoms with Gasteiger partial charge in [-0.25, -0.2) is 0 Å². The van der Waals surface area contributed by atoms with Gasteiger partial charge in [0, 0.05) is 55.0 Å². The second kappa shape index (κ2) is 27.5. The third-order valence-corrected chi connectivity index (χ3v) is 12.9. The molecule has 4 aromatic rings. The van der Waals surface area contributed by atoms with E-state index >= 15 is 0 Å². The lowest BCUT2D eigenvalue weighted by Crippen LogP contribution is -2.16. The van der Waals surface area contributed by atoms with E-state index in [2.05, 4.69) is 5.32 Å². The van der Waals surface area contributed by atoms with Gasteiger partial charge in [0.1, 0.15) is 0 Å². The van der Waals surface area contributed by atoms with E-state index in [9.17, 15) is 81.5 Å². The normalized spacial score (nSPS) is 15.1. The standard InChI is InChI=1S/C30H29F6NO3.C29H26F6O4/c1-37-27(39)7-5-3-2-4-6-25(38)12-8-19-9-13-26-21(14-19)10-11-22(28(26)40)15-20-16-23(29(31,32)33)18-24(17-20)30(34,35)36;30-28(31,32)22-15-19(16-23(17-22)29(33,34)35)14-21-10-9-20-13-18(8-12-25(20)27(21)39)7-11-24(36)5-3-1-2-4-6-26(37)38/h8-9,12-18H,2-7,10-11H2,1H3,(H,37,39);7-8,11-17H,1-6,9-10H2,(H,37,38)/b12-8+,22-15+;11-7+,21-14+. The fraction of sp³-hybridized carbons (Fsp3) is 0.356. The van der Waals surface area contributed by atoms with Crippen molar-refractivity contribution in [2.24, 2.45) is 0 Å². The number of aryl methyl sites for hydroxylation is 2. The number of Topliss-reactive ketones (excluding diaryl/α,β-unsaturated/α-hetero) is 2. The number of aliphatic carboxylic acids is 1. The van der Waals surface area contributed by atoms with Gasteiger partial charge >= 0.3 is 30.7 Å². The summed E-state index contributed by atoms with van der Waals surface area (Å²) in [7, 11) is 1.59. The highest BCUT2D eigenvalue weighted by Gasteiger charge is 2.38. The molecule has 0 atom stereocenters. The summed E-state index contributed by atoms with van der Waals surface area (Å²) in [4.78, 5) is 71.9. The molecule has 0 saturated carbocycles. The predicted octanol–water partition coefficient (Wildman–Crippen LogP) is 15.5. The number of hydrogen-bond donors (Lipinski definition) is 2. The molecule has 8 nitrogen and oxygen atoms in total. The van der Waals surface area contributed by atoms with Gasteiger partial charge in [0.15, 0.2) is 23.1 Å². The lowest BCUT2D eigenvalue weighted by Gasteiger charge is -2.19. The maximum absolute atomic E-state index is 13.2. The first-order valence-electron chi connectivity index (χ1n) is 25.2. The summed E-state index contributed by atoms with van der Waals surface area (Å²) in [6, 6.07) is 12.3. The van der Waals surface area contributed by atoms with Crippen molar-refractivity contribution in [3.63, 3.8) is 0 Å². The zero-order valence-corrected chi connectivity index (χ0v) is 42.6. The van der Waals surface area contributed by atoms with Gasteiger partial charge in [-0.3, -0.25) is 28.8 Å². The Bertz CT molecular complexity index is 2960. The molecule has 0 aliphatic heterocycles. The molecule has 2 N–H and O–H groups in total. The molecule has 2 aliphatic carbocycles. The molecule has 79 heavy (non-hydrogen) atoms. The van der Waals surface area contributed by atoms with Gasteiger partial charge in [-0.15, -0.1) is 0 Å². The molecular weight excluding hydrogens is 1060 g/mol. The van der Waals surface area contributed by atoms with E-state index in [0.717, 1.165) is 44.3 Å². The average molecular weight is 1120 g/mol. The molecule has 0 radical (unpaired) electrons. The van der Waals surface area contributed by atoms with E-state index in [0.29, 0.717) is 109 Å². The van der Waals surface area contributed by atoms with Crippen molar-refractivity contribution in [1.82, 2.24) is 5.32 Å². The number of ketones is 4. The fourth-order valence-corrected chi connectivity index (χ4v) is 8.74. The maximum Gasteiger partial charge on any atom is 0.416 e. The van der Waals surface area contributed by atoms with Crippen molar-refractivity contribution < 1.29 is 86.6 Å². The maximum atomic E-state index is 13.2. The zero-order valence-electron chi connectivity index (χ0n) is 42.6. The molecule has 20 heteroatoms. The van der Waals surface area contributed by atoms with E-state index in [-0.39, 0.29) is 71.1 Å². The highest BCUT2D eigenvalue weighted by atomic mass is 19.4. The number of hydrogen-bond acceptors (Lipinski definition) is 6. The highest BCUT2D eigenvalue weighted by molar-refractivity contribution is 6.14. The van der Waals surface area contributed by atoms with Gasteiger partial charge in [0.05, 0.1) is 22.3 Å². The Morgan fingerprint density at radius 2 is 0.797 bits per heavy atom. The second-order valence-corrected chi connectivity index (χ2v) is 19.0. The minimum absolute atomic E-state index is 0.00625. The Morgan fingerprint density at radius 3 is 1.13 bits per heavy atom. The number of unbranched alkanes of at least 4 members (excludes halogenated alkanes) is 6. The van der Waals surface area contributed by atoms with Crippen molar-refractivity contribution in [2.75, 3.05) is 7.05 Å². The quantitative estimate of drug-likeness (QED) is 0.0511. The first-order chi connectivity index (χ1) is 37.0. The number of carboxylic acids is 1. The Labute approximate surface area is 447 Å². The molecule has 0 bridgehead atoms. The summed E-state index contributed by atoms with van der Waals surface area (Å²) < 4.78 is 158. The number of alkyl halides is 12. The number of nitrogens with one attached hydrogen (secondary N) is 1. The van der Waals surface area contributed by atoms with Crippen LogP contribution in [0, 0.1) is 0 Å². The lowest BCUT2D eigenvalue weighted by molar-refractivity contribution is -0.144. The molecule has 422 valence electrons. The molecule has 0 saturated heterocycles. The fourth-order valence-electron chi connectivity index (χ4n) is 8.74. The Hall–Kier alpha value is -7.38. The summed E-state index contributed by atoms with van der Waals surface area (Å²) in [5.74, 6) is -1.93. The molecule has 0 fully saturated rings. The smallest absolute Gasteiger partial charge is 0.416 e. The summed E-state index contributed by atoms with van der Waals surface area (Å²) in [5.41, 5.74) is -2.89. The van der Waals surface area contributed by atoms with Crippen LogP contribution in [0.15, 0.2) is 96.1 Å². The van der Waals surface area contributed by atoms with Gasteiger partial charge < -0.3 is 10.4 Å². The van der Waals surface area contributed by atoms with Crippen LogP contribution in [0.1, 0.15) is 166 Å². The number of carbonyl (C=O) groups is 6. The van der Waals surface area contributed by atoms with Gasteiger partial charge in [-0.2, -0.15) is 52.7 Å². The van der Waals surface area contributed by atoms with Gasteiger partial charge in [-0.1, -0.05) is 74.2 Å². The SMILES string of the molecule is CNC(=O)CCCCCCC(=O)/C=C/c1ccc2c(c1)CC/C(=C\c1cc(C(F)(F)F)cc(C(F)(F)F)c1)C2=O.O=C(O)CCCCCCC(=O)/C=C/c1ccc2c(c1)CC/C(=C\c1cc(C(F)(F)F)cc(C(F)(F)F)c1)C2=O. The largest absolute Gasteiger partial charge is 0.481 e. The summed E-state index contributed by atoms with van der Waals surface area (Å²) >= 11 is 0. The number of allylic oxidation sites excluding steroid dienone is 4.